The number of carbonyl (C=O) groups excluding carboxylic acids is 1. The van der Waals surface area contributed by atoms with Gasteiger partial charge in [0.05, 0.1) is 35.7 Å². The van der Waals surface area contributed by atoms with E-state index >= 15 is 0 Å². The van der Waals surface area contributed by atoms with Crippen LogP contribution in [0.1, 0.15) is 52.3 Å². The highest BCUT2D eigenvalue weighted by Gasteiger charge is 2.39. The molecule has 1 aliphatic carbocycles. The largest absolute Gasteiger partial charge is 0.433 e. The Kier molecular flexibility index (Phi) is 5.55. The van der Waals surface area contributed by atoms with Gasteiger partial charge < -0.3 is 9.88 Å². The lowest BCUT2D eigenvalue weighted by molar-refractivity contribution is -0.141. The molecule has 0 saturated heterocycles. The first-order valence-corrected chi connectivity index (χ1v) is 9.87. The summed E-state index contributed by atoms with van der Waals surface area (Å²) in [7, 11) is 0. The maximum Gasteiger partial charge on any atom is 0.433 e. The Bertz CT molecular complexity index is 1150. The standard InChI is InChI=1S/C20H19F5N6O/c1-9-6-27-12(7-26-9)19(32)30-17(11-3-4-11)18-29-16-10(2)28-14(20(23,24)25)5-13(16)31(18)8-15(21)22/h5-7,11,15,17H,3-4,8H2,1-2H3,(H,30,32)/t17-/m0/s1. The monoisotopic (exact) mass is 454 g/mol. The van der Waals surface area contributed by atoms with Gasteiger partial charge in [-0.1, -0.05) is 0 Å². The summed E-state index contributed by atoms with van der Waals surface area (Å²) in [6.07, 6.45) is -3.44. The summed E-state index contributed by atoms with van der Waals surface area (Å²) in [5.74, 6) is -0.586. The number of alkyl halides is 5. The van der Waals surface area contributed by atoms with Gasteiger partial charge >= 0.3 is 6.18 Å². The molecule has 32 heavy (non-hydrogen) atoms. The molecule has 3 heterocycles. The number of nitrogens with one attached hydrogen (secondary N) is 1. The van der Waals surface area contributed by atoms with E-state index in [1.807, 2.05) is 0 Å². The van der Waals surface area contributed by atoms with Gasteiger partial charge in [-0.2, -0.15) is 13.2 Å². The highest BCUT2D eigenvalue weighted by atomic mass is 19.4. The fraction of sp³-hybridized carbons (Fsp3) is 0.450. The summed E-state index contributed by atoms with van der Waals surface area (Å²) in [6.45, 7) is 2.18. The second-order valence-corrected chi connectivity index (χ2v) is 7.76. The maximum absolute atomic E-state index is 13.4. The van der Waals surface area contributed by atoms with E-state index in [4.69, 9.17) is 0 Å². The van der Waals surface area contributed by atoms with Crippen LogP contribution in [0.15, 0.2) is 18.5 Å². The van der Waals surface area contributed by atoms with Crippen molar-refractivity contribution in [2.24, 2.45) is 5.92 Å². The van der Waals surface area contributed by atoms with Crippen LogP contribution in [0.5, 0.6) is 0 Å². The van der Waals surface area contributed by atoms with Gasteiger partial charge in [0.15, 0.2) is 0 Å². The van der Waals surface area contributed by atoms with Crippen molar-refractivity contribution in [1.82, 2.24) is 29.8 Å². The van der Waals surface area contributed by atoms with Crippen molar-refractivity contribution in [2.75, 3.05) is 0 Å². The number of hydrogen-bond donors (Lipinski definition) is 1. The minimum Gasteiger partial charge on any atom is -0.340 e. The molecule has 7 nitrogen and oxygen atoms in total. The van der Waals surface area contributed by atoms with E-state index in [1.165, 1.54) is 19.3 Å². The predicted molar refractivity (Wildman–Crippen MR) is 103 cm³/mol. The van der Waals surface area contributed by atoms with Crippen molar-refractivity contribution in [2.45, 2.75) is 51.9 Å². The molecule has 1 saturated carbocycles. The molecule has 1 fully saturated rings. The van der Waals surface area contributed by atoms with Crippen molar-refractivity contribution >= 4 is 16.9 Å². The summed E-state index contributed by atoms with van der Waals surface area (Å²) in [6, 6.07) is -0.0520. The summed E-state index contributed by atoms with van der Waals surface area (Å²) < 4.78 is 67.7. The van der Waals surface area contributed by atoms with Crippen molar-refractivity contribution < 1.29 is 26.7 Å². The van der Waals surface area contributed by atoms with Gasteiger partial charge in [0.25, 0.3) is 12.3 Å². The van der Waals surface area contributed by atoms with E-state index in [2.05, 4.69) is 25.3 Å². The average Bonchev–Trinajstić information content (AvgIpc) is 3.48. The first-order chi connectivity index (χ1) is 15.0. The topological polar surface area (TPSA) is 85.6 Å². The Labute approximate surface area is 179 Å². The van der Waals surface area contributed by atoms with Crippen molar-refractivity contribution in [3.63, 3.8) is 0 Å². The van der Waals surface area contributed by atoms with Gasteiger partial charge in [-0.05, 0) is 38.7 Å². The quantitative estimate of drug-likeness (QED) is 0.569. The van der Waals surface area contributed by atoms with Crippen LogP contribution in [0.25, 0.3) is 11.0 Å². The third-order valence-electron chi connectivity index (χ3n) is 5.22. The van der Waals surface area contributed by atoms with E-state index in [0.717, 1.165) is 10.6 Å². The Hall–Kier alpha value is -3.18. The number of aromatic nitrogens is 5. The lowest BCUT2D eigenvalue weighted by Gasteiger charge is -2.19. The van der Waals surface area contributed by atoms with Gasteiger partial charge in [0, 0.05) is 6.20 Å². The molecule has 12 heteroatoms. The number of rotatable bonds is 6. The smallest absolute Gasteiger partial charge is 0.340 e. The SMILES string of the molecule is Cc1cnc(C(=O)N[C@H](c2nc3c(C)nc(C(F)(F)F)cc3n2CC(F)F)C2CC2)cn1. The fourth-order valence-electron chi connectivity index (χ4n) is 3.55. The van der Waals surface area contributed by atoms with Gasteiger partial charge in [0.2, 0.25) is 0 Å². The summed E-state index contributed by atoms with van der Waals surface area (Å²) >= 11 is 0. The first kappa shape index (κ1) is 22.0. The highest BCUT2D eigenvalue weighted by Crippen LogP contribution is 2.42. The Morgan fingerprint density at radius 1 is 1.19 bits per heavy atom. The molecular formula is C20H19F5N6O. The van der Waals surface area contributed by atoms with Crippen LogP contribution in [-0.2, 0) is 12.7 Å². The molecule has 3 aromatic rings. The van der Waals surface area contributed by atoms with Crippen LogP contribution in [-0.4, -0.2) is 36.8 Å². The van der Waals surface area contributed by atoms with Crippen LogP contribution < -0.4 is 5.32 Å². The molecule has 1 amide bonds. The number of nitrogens with zero attached hydrogens (tertiary/aromatic N) is 5. The molecule has 0 bridgehead atoms. The highest BCUT2D eigenvalue weighted by molar-refractivity contribution is 5.92. The van der Waals surface area contributed by atoms with Gasteiger partial charge in [0.1, 0.15) is 22.7 Å². The molecule has 0 radical (unpaired) electrons. The van der Waals surface area contributed by atoms with Gasteiger partial charge in [-0.3, -0.25) is 9.78 Å². The zero-order valence-electron chi connectivity index (χ0n) is 17.1. The number of amides is 1. The van der Waals surface area contributed by atoms with E-state index in [1.54, 1.807) is 6.92 Å². The molecule has 0 aromatic carbocycles. The zero-order valence-corrected chi connectivity index (χ0v) is 17.1. The van der Waals surface area contributed by atoms with E-state index in [-0.39, 0.29) is 34.2 Å². The zero-order chi connectivity index (χ0) is 23.2. The molecule has 0 unspecified atom stereocenters. The number of imidazole rings is 1. The molecular weight excluding hydrogens is 435 g/mol. The van der Waals surface area contributed by atoms with Crippen LogP contribution in [0.2, 0.25) is 0 Å². The van der Waals surface area contributed by atoms with Gasteiger partial charge in [-0.25, -0.2) is 23.7 Å². The number of aryl methyl sites for hydroxylation is 2. The molecule has 3 aromatic heterocycles. The van der Waals surface area contributed by atoms with E-state index < -0.39 is 36.8 Å². The third-order valence-corrected chi connectivity index (χ3v) is 5.22. The molecule has 1 N–H and O–H groups in total. The number of hydrogen-bond acceptors (Lipinski definition) is 5. The van der Waals surface area contributed by atoms with E-state index in [0.29, 0.717) is 18.5 Å². The third kappa shape index (κ3) is 4.39. The minimum atomic E-state index is -4.74. The lowest BCUT2D eigenvalue weighted by atomic mass is 10.1. The Morgan fingerprint density at radius 2 is 1.91 bits per heavy atom. The average molecular weight is 454 g/mol. The van der Waals surface area contributed by atoms with E-state index in [9.17, 15) is 26.7 Å². The molecule has 170 valence electrons. The maximum atomic E-state index is 13.4. The Balaban J connectivity index is 1.80. The molecule has 1 aliphatic rings. The van der Waals surface area contributed by atoms with Crippen LogP contribution >= 0.6 is 0 Å². The number of halogens is 5. The first-order valence-electron chi connectivity index (χ1n) is 9.87. The second kappa shape index (κ2) is 8.06. The van der Waals surface area contributed by atoms with Crippen LogP contribution in [0.4, 0.5) is 22.0 Å². The fourth-order valence-corrected chi connectivity index (χ4v) is 3.55. The van der Waals surface area contributed by atoms with Crippen molar-refractivity contribution in [3.05, 3.63) is 47.1 Å². The molecule has 0 aliphatic heterocycles. The lowest BCUT2D eigenvalue weighted by Crippen LogP contribution is -2.33. The van der Waals surface area contributed by atoms with Gasteiger partial charge in [-0.15, -0.1) is 0 Å². The minimum absolute atomic E-state index is 0.0330. The molecule has 4 rings (SSSR count). The van der Waals surface area contributed by atoms with Crippen molar-refractivity contribution in [3.8, 4) is 0 Å². The summed E-state index contributed by atoms with van der Waals surface area (Å²) in [5.41, 5.74) is -0.586. The number of pyridine rings is 1. The van der Waals surface area contributed by atoms with Crippen molar-refractivity contribution in [1.29, 1.82) is 0 Å². The summed E-state index contributed by atoms with van der Waals surface area (Å²) in [5, 5.41) is 2.76. The number of fused-ring (bicyclic) bond motifs is 1. The van der Waals surface area contributed by atoms with Crippen LogP contribution in [0, 0.1) is 19.8 Å². The predicted octanol–water partition coefficient (Wildman–Crippen LogP) is 4.00. The second-order valence-electron chi connectivity index (χ2n) is 7.76. The molecule has 1 atom stereocenters. The molecule has 0 spiro atoms. The van der Waals surface area contributed by atoms with Crippen LogP contribution in [0.3, 0.4) is 0 Å². The number of carbonyl (C=O) groups is 1. The Morgan fingerprint density at radius 3 is 2.47 bits per heavy atom. The normalized spacial score (nSPS) is 15.4. The summed E-state index contributed by atoms with van der Waals surface area (Å²) in [4.78, 5) is 28.7.